The summed E-state index contributed by atoms with van der Waals surface area (Å²) in [6.45, 7) is 8.90. The van der Waals surface area contributed by atoms with Crippen LogP contribution in [-0.2, 0) is 9.59 Å². The molecule has 0 spiro atoms. The minimum Gasteiger partial charge on any atom is -0.296 e. The number of carbonyl (C=O) groups excluding carboxylic acids is 4. The number of carbonyl (C=O) groups is 4. The average molecular weight is 331 g/mol. The third kappa shape index (κ3) is 5.41. The molecule has 0 radical (unpaired) electrons. The van der Waals surface area contributed by atoms with E-state index in [4.69, 9.17) is 0 Å². The van der Waals surface area contributed by atoms with Crippen LogP contribution in [0.2, 0.25) is 0 Å². The van der Waals surface area contributed by atoms with Crippen molar-refractivity contribution in [2.45, 2.75) is 47.5 Å². The maximum atomic E-state index is 11.8. The number of ketones is 2. The summed E-state index contributed by atoms with van der Waals surface area (Å²) in [7, 11) is 0. The van der Waals surface area contributed by atoms with Crippen molar-refractivity contribution in [3.63, 3.8) is 0 Å². The number of piperidine rings is 1. The number of hydrogen-bond acceptors (Lipinski definition) is 4. The molecule has 1 atom stereocenters. The molecule has 1 unspecified atom stereocenters. The molecule has 1 saturated heterocycles. The van der Waals surface area contributed by atoms with Gasteiger partial charge in [0, 0.05) is 29.4 Å². The highest BCUT2D eigenvalue weighted by molar-refractivity contribution is 6.08. The number of rotatable bonds is 3. The zero-order chi connectivity index (χ0) is 18.4. The second-order valence-electron chi connectivity index (χ2n) is 6.48. The normalized spacial score (nSPS) is 17.0. The van der Waals surface area contributed by atoms with Crippen molar-refractivity contribution in [2.24, 2.45) is 11.8 Å². The maximum absolute atomic E-state index is 11.8. The quantitative estimate of drug-likeness (QED) is 0.682. The smallest absolute Gasteiger partial charge is 0.229 e. The Hall–Kier alpha value is -2.30. The van der Waals surface area contributed by atoms with Crippen molar-refractivity contribution < 1.29 is 19.2 Å². The van der Waals surface area contributed by atoms with Crippen LogP contribution in [0.1, 0.15) is 66.8 Å². The minimum atomic E-state index is -0.141. The van der Waals surface area contributed by atoms with Gasteiger partial charge in [0.15, 0.2) is 11.6 Å². The largest absolute Gasteiger partial charge is 0.296 e. The lowest BCUT2D eigenvalue weighted by atomic mass is 9.93. The van der Waals surface area contributed by atoms with Crippen LogP contribution >= 0.6 is 0 Å². The third-order valence-corrected chi connectivity index (χ3v) is 3.86. The van der Waals surface area contributed by atoms with E-state index in [9.17, 15) is 19.2 Å². The van der Waals surface area contributed by atoms with Gasteiger partial charge < -0.3 is 0 Å². The van der Waals surface area contributed by atoms with E-state index in [-0.39, 0.29) is 35.2 Å². The van der Waals surface area contributed by atoms with Gasteiger partial charge in [-0.3, -0.25) is 24.5 Å². The van der Waals surface area contributed by atoms with Crippen LogP contribution in [0, 0.1) is 18.8 Å². The van der Waals surface area contributed by atoms with Gasteiger partial charge in [0.2, 0.25) is 11.8 Å². The molecular weight excluding hydrogens is 306 g/mol. The predicted molar refractivity (Wildman–Crippen MR) is 91.9 cm³/mol. The Morgan fingerprint density at radius 2 is 1.79 bits per heavy atom. The van der Waals surface area contributed by atoms with Crippen molar-refractivity contribution >= 4 is 23.4 Å². The van der Waals surface area contributed by atoms with Gasteiger partial charge in [-0.1, -0.05) is 38.5 Å². The van der Waals surface area contributed by atoms with Crippen molar-refractivity contribution in [3.8, 4) is 0 Å². The zero-order valence-electron chi connectivity index (χ0n) is 14.9. The van der Waals surface area contributed by atoms with Crippen LogP contribution in [0.3, 0.4) is 0 Å². The van der Waals surface area contributed by atoms with Gasteiger partial charge >= 0.3 is 0 Å². The van der Waals surface area contributed by atoms with Gasteiger partial charge in [0.05, 0.1) is 0 Å². The summed E-state index contributed by atoms with van der Waals surface area (Å²) in [5.74, 6) is -0.360. The van der Waals surface area contributed by atoms with Crippen molar-refractivity contribution in [1.82, 2.24) is 5.32 Å². The molecule has 1 N–H and O–H groups in total. The summed E-state index contributed by atoms with van der Waals surface area (Å²) in [6.07, 6.45) is 1.19. The summed E-state index contributed by atoms with van der Waals surface area (Å²) in [4.78, 5) is 44.4. The van der Waals surface area contributed by atoms with Crippen molar-refractivity contribution in [3.05, 3.63) is 34.9 Å². The average Bonchev–Trinajstić information content (AvgIpc) is 2.51. The number of hydrogen-bond donors (Lipinski definition) is 1. The number of amides is 2. The summed E-state index contributed by atoms with van der Waals surface area (Å²) in [5, 5.41) is 2.25. The highest BCUT2D eigenvalue weighted by atomic mass is 16.2. The van der Waals surface area contributed by atoms with E-state index in [0.29, 0.717) is 24.0 Å². The maximum Gasteiger partial charge on any atom is 0.229 e. The second-order valence-corrected chi connectivity index (χ2v) is 6.48. The van der Waals surface area contributed by atoms with E-state index < -0.39 is 0 Å². The third-order valence-electron chi connectivity index (χ3n) is 3.86. The van der Waals surface area contributed by atoms with Crippen LogP contribution in [0.5, 0.6) is 0 Å². The molecule has 2 amide bonds. The number of imide groups is 1. The molecule has 5 nitrogen and oxygen atoms in total. The van der Waals surface area contributed by atoms with Crippen LogP contribution in [0.15, 0.2) is 18.2 Å². The molecule has 2 rings (SSSR count). The lowest BCUT2D eigenvalue weighted by molar-refractivity contribution is -0.135. The van der Waals surface area contributed by atoms with E-state index in [1.165, 1.54) is 6.92 Å². The molecule has 1 aliphatic rings. The molecule has 1 heterocycles. The van der Waals surface area contributed by atoms with Gasteiger partial charge in [0.25, 0.3) is 0 Å². The van der Waals surface area contributed by atoms with Crippen molar-refractivity contribution in [2.75, 3.05) is 0 Å². The highest BCUT2D eigenvalue weighted by Gasteiger charge is 2.21. The summed E-state index contributed by atoms with van der Waals surface area (Å²) in [6, 6.07) is 5.38. The molecule has 1 fully saturated rings. The summed E-state index contributed by atoms with van der Waals surface area (Å²) >= 11 is 0. The van der Waals surface area contributed by atoms with Gasteiger partial charge in [-0.25, -0.2) is 0 Å². The van der Waals surface area contributed by atoms with Gasteiger partial charge in [-0.05, 0) is 26.3 Å². The number of benzene rings is 1. The van der Waals surface area contributed by atoms with Gasteiger partial charge in [0.1, 0.15) is 0 Å². The van der Waals surface area contributed by atoms with E-state index in [0.717, 1.165) is 5.56 Å². The molecule has 1 aromatic carbocycles. The lowest BCUT2D eigenvalue weighted by Crippen LogP contribution is -2.39. The van der Waals surface area contributed by atoms with Gasteiger partial charge in [-0.2, -0.15) is 0 Å². The van der Waals surface area contributed by atoms with E-state index in [2.05, 4.69) is 5.32 Å². The first kappa shape index (κ1) is 19.7. The van der Waals surface area contributed by atoms with E-state index >= 15 is 0 Å². The first-order valence-electron chi connectivity index (χ1n) is 8.13. The summed E-state index contributed by atoms with van der Waals surface area (Å²) < 4.78 is 0. The Balaban J connectivity index is 0.000000272. The molecule has 0 saturated carbocycles. The first-order chi connectivity index (χ1) is 11.1. The Bertz CT molecular complexity index is 661. The molecule has 0 aliphatic carbocycles. The molecule has 1 aliphatic heterocycles. The van der Waals surface area contributed by atoms with Crippen LogP contribution in [0.4, 0.5) is 0 Å². The fraction of sp³-hybridized carbons (Fsp3) is 0.474. The molecule has 0 bridgehead atoms. The zero-order valence-corrected chi connectivity index (χ0v) is 14.9. The van der Waals surface area contributed by atoms with Crippen LogP contribution in [-0.4, -0.2) is 23.4 Å². The lowest BCUT2D eigenvalue weighted by Gasteiger charge is -2.15. The predicted octanol–water partition coefficient (Wildman–Crippen LogP) is 3.10. The highest BCUT2D eigenvalue weighted by Crippen LogP contribution is 2.16. The van der Waals surface area contributed by atoms with Gasteiger partial charge in [-0.15, -0.1) is 0 Å². The number of Topliss-reactive ketones (excluding diaryl/α,β-unsaturated/α-hetero) is 2. The molecule has 5 heteroatoms. The summed E-state index contributed by atoms with van der Waals surface area (Å²) in [5.41, 5.74) is 2.08. The van der Waals surface area contributed by atoms with Crippen LogP contribution < -0.4 is 5.32 Å². The fourth-order valence-corrected chi connectivity index (χ4v) is 2.28. The second kappa shape index (κ2) is 8.52. The van der Waals surface area contributed by atoms with Crippen LogP contribution in [0.25, 0.3) is 0 Å². The molecule has 0 aromatic heterocycles. The Labute approximate surface area is 142 Å². The Morgan fingerprint density at radius 1 is 1.17 bits per heavy atom. The number of nitrogens with one attached hydrogen (secondary N) is 1. The van der Waals surface area contributed by atoms with E-state index in [1.54, 1.807) is 12.1 Å². The number of aryl methyl sites for hydroxylation is 1. The molecule has 1 aromatic rings. The molecule has 24 heavy (non-hydrogen) atoms. The monoisotopic (exact) mass is 331 g/mol. The fourth-order valence-electron chi connectivity index (χ4n) is 2.28. The van der Waals surface area contributed by atoms with E-state index in [1.807, 2.05) is 33.8 Å². The minimum absolute atomic E-state index is 0.0164. The Morgan fingerprint density at radius 3 is 2.25 bits per heavy atom. The Kier molecular flexibility index (Phi) is 7.01. The first-order valence-corrected chi connectivity index (χ1v) is 8.13. The van der Waals surface area contributed by atoms with Crippen molar-refractivity contribution in [1.29, 1.82) is 0 Å². The standard InChI is InChI=1S/C13H16O2.C6H9NO2/c1-8(2)13(15)11-6-5-9(3)7-12(11)10(4)14;1-4-2-3-5(8)7-6(4)9/h5-8H,1-4H3;4H,2-3H2,1H3,(H,7,8,9). The molecular formula is C19H25NO4. The SMILES string of the molecule is CC(=O)c1cc(C)ccc1C(=O)C(C)C.CC1CCC(=O)NC1=O. The molecule has 130 valence electrons. The topological polar surface area (TPSA) is 80.3 Å².